The van der Waals surface area contributed by atoms with E-state index < -0.39 is 11.2 Å². The van der Waals surface area contributed by atoms with Gasteiger partial charge in [0.15, 0.2) is 0 Å². The van der Waals surface area contributed by atoms with Crippen LogP contribution in [0.5, 0.6) is 0 Å². The Hall–Kier alpha value is -1.20. The zero-order valence-electron chi connectivity index (χ0n) is 10.7. The van der Waals surface area contributed by atoms with Crippen LogP contribution in [-0.4, -0.2) is 28.0 Å². The van der Waals surface area contributed by atoms with Crippen LogP contribution in [0.15, 0.2) is 24.3 Å². The van der Waals surface area contributed by atoms with Gasteiger partial charge in [-0.15, -0.1) is 11.8 Å². The minimum absolute atomic E-state index is 0.113. The molecule has 0 aliphatic carbocycles. The molecule has 104 valence electrons. The summed E-state index contributed by atoms with van der Waals surface area (Å²) >= 11 is 7.13. The van der Waals surface area contributed by atoms with E-state index in [0.717, 1.165) is 17.3 Å². The largest absolute Gasteiger partial charge is 0.480 e. The molecule has 0 spiro atoms. The van der Waals surface area contributed by atoms with Crippen LogP contribution in [0.25, 0.3) is 0 Å². The molecule has 0 aliphatic rings. The fourth-order valence-corrected chi connectivity index (χ4v) is 2.39. The Morgan fingerprint density at radius 1 is 1.37 bits per heavy atom. The number of nitrogens with one attached hydrogen (secondary N) is 1. The number of benzene rings is 1. The summed E-state index contributed by atoms with van der Waals surface area (Å²) in [5.41, 5.74) is 0.841. The second-order valence-corrected chi connectivity index (χ2v) is 5.84. The molecular formula is C13H16ClNO3S. The number of aliphatic carboxylic acids is 1. The number of hydrogen-bond acceptors (Lipinski definition) is 3. The second-order valence-electron chi connectivity index (χ2n) is 4.10. The van der Waals surface area contributed by atoms with Gasteiger partial charge in [-0.1, -0.05) is 29.8 Å². The highest BCUT2D eigenvalue weighted by Crippen LogP contribution is 2.22. The van der Waals surface area contributed by atoms with Crippen LogP contribution < -0.4 is 5.32 Å². The lowest BCUT2D eigenvalue weighted by molar-refractivity contribution is -0.136. The molecule has 0 heterocycles. The van der Waals surface area contributed by atoms with Crippen LogP contribution in [0.1, 0.15) is 25.5 Å². The number of hydrogen-bond donors (Lipinski definition) is 2. The van der Waals surface area contributed by atoms with Gasteiger partial charge in [0.25, 0.3) is 0 Å². The first-order valence-electron chi connectivity index (χ1n) is 5.80. The third-order valence-corrected chi connectivity index (χ3v) is 4.04. The van der Waals surface area contributed by atoms with Gasteiger partial charge in [-0.3, -0.25) is 9.59 Å². The van der Waals surface area contributed by atoms with Crippen LogP contribution in [0, 0.1) is 0 Å². The van der Waals surface area contributed by atoms with Crippen LogP contribution >= 0.6 is 23.4 Å². The van der Waals surface area contributed by atoms with Gasteiger partial charge in [0.1, 0.15) is 0 Å². The zero-order chi connectivity index (χ0) is 14.4. The Morgan fingerprint density at radius 3 is 2.58 bits per heavy atom. The summed E-state index contributed by atoms with van der Waals surface area (Å²) in [6.45, 7) is 3.39. The monoisotopic (exact) mass is 301 g/mol. The van der Waals surface area contributed by atoms with E-state index in [4.69, 9.17) is 16.7 Å². The van der Waals surface area contributed by atoms with Crippen LogP contribution in [0.3, 0.4) is 0 Å². The quantitative estimate of drug-likeness (QED) is 0.848. The number of carbonyl (C=O) groups excluding carboxylic acids is 1. The molecule has 2 atom stereocenters. The number of carbonyl (C=O) groups is 2. The summed E-state index contributed by atoms with van der Waals surface area (Å²) in [4.78, 5) is 22.3. The lowest BCUT2D eigenvalue weighted by Gasteiger charge is -2.16. The van der Waals surface area contributed by atoms with Crippen molar-refractivity contribution in [3.63, 3.8) is 0 Å². The molecule has 0 bridgehead atoms. The van der Waals surface area contributed by atoms with Gasteiger partial charge in [-0.2, -0.15) is 0 Å². The van der Waals surface area contributed by atoms with Crippen LogP contribution in [0.2, 0.25) is 5.02 Å². The first-order chi connectivity index (χ1) is 8.91. The number of halogens is 1. The Morgan fingerprint density at radius 2 is 2.00 bits per heavy atom. The van der Waals surface area contributed by atoms with E-state index in [1.54, 1.807) is 13.0 Å². The lowest BCUT2D eigenvalue weighted by atomic mass is 10.1. The summed E-state index contributed by atoms with van der Waals surface area (Å²) in [7, 11) is 0. The summed E-state index contributed by atoms with van der Waals surface area (Å²) in [5.74, 6) is -1.01. The maximum Gasteiger partial charge on any atom is 0.316 e. The van der Waals surface area contributed by atoms with Crippen molar-refractivity contribution in [2.75, 3.05) is 5.75 Å². The molecule has 1 aromatic rings. The number of amides is 1. The molecule has 2 unspecified atom stereocenters. The zero-order valence-corrected chi connectivity index (χ0v) is 12.3. The van der Waals surface area contributed by atoms with Crippen molar-refractivity contribution in [1.29, 1.82) is 0 Å². The fourth-order valence-electron chi connectivity index (χ4n) is 1.46. The van der Waals surface area contributed by atoms with E-state index in [2.05, 4.69) is 5.32 Å². The summed E-state index contributed by atoms with van der Waals surface area (Å²) in [6, 6.07) is 7.08. The summed E-state index contributed by atoms with van der Waals surface area (Å²) < 4.78 is 0. The molecule has 0 saturated carbocycles. The normalized spacial score (nSPS) is 13.6. The lowest BCUT2D eigenvalue weighted by Crippen LogP contribution is -2.29. The predicted octanol–water partition coefficient (Wildman–Crippen LogP) is 2.72. The Bertz CT molecular complexity index is 467. The molecule has 0 aromatic heterocycles. The van der Waals surface area contributed by atoms with Crippen molar-refractivity contribution in [2.24, 2.45) is 0 Å². The molecule has 4 nitrogen and oxygen atoms in total. The fraction of sp³-hybridized carbons (Fsp3) is 0.385. The second kappa shape index (κ2) is 7.40. The molecule has 6 heteroatoms. The number of thioether (sulfide) groups is 1. The molecule has 0 aliphatic heterocycles. The van der Waals surface area contributed by atoms with Gasteiger partial charge in [0.05, 0.1) is 17.0 Å². The van der Waals surface area contributed by atoms with E-state index >= 15 is 0 Å². The maximum atomic E-state index is 11.7. The van der Waals surface area contributed by atoms with E-state index in [1.807, 2.05) is 25.1 Å². The molecular weight excluding hydrogens is 286 g/mol. The van der Waals surface area contributed by atoms with Crippen molar-refractivity contribution in [3.8, 4) is 0 Å². The van der Waals surface area contributed by atoms with Crippen LogP contribution in [-0.2, 0) is 9.59 Å². The third-order valence-electron chi connectivity index (χ3n) is 2.56. The topological polar surface area (TPSA) is 66.4 Å². The van der Waals surface area contributed by atoms with E-state index in [-0.39, 0.29) is 17.7 Å². The molecule has 0 fully saturated rings. The first kappa shape index (κ1) is 15.9. The average molecular weight is 302 g/mol. The highest BCUT2D eigenvalue weighted by molar-refractivity contribution is 8.01. The van der Waals surface area contributed by atoms with Gasteiger partial charge < -0.3 is 10.4 Å². The van der Waals surface area contributed by atoms with Crippen molar-refractivity contribution in [2.45, 2.75) is 25.1 Å². The van der Waals surface area contributed by atoms with Crippen molar-refractivity contribution in [1.82, 2.24) is 5.32 Å². The van der Waals surface area contributed by atoms with E-state index in [0.29, 0.717) is 5.02 Å². The Balaban J connectivity index is 2.49. The standard InChI is InChI=1S/C13H16ClNO3S/c1-8(10-5-3-4-6-11(10)14)15-12(16)7-19-9(2)13(17)18/h3-6,8-9H,7H2,1-2H3,(H,15,16)(H,17,18). The van der Waals surface area contributed by atoms with Gasteiger partial charge in [0, 0.05) is 5.02 Å². The first-order valence-corrected chi connectivity index (χ1v) is 7.22. The molecule has 19 heavy (non-hydrogen) atoms. The molecule has 1 aromatic carbocycles. The van der Waals surface area contributed by atoms with Gasteiger partial charge in [-0.05, 0) is 25.5 Å². The number of rotatable bonds is 6. The van der Waals surface area contributed by atoms with E-state index in [1.165, 1.54) is 0 Å². The Kier molecular flexibility index (Phi) is 6.18. The predicted molar refractivity (Wildman–Crippen MR) is 77.6 cm³/mol. The smallest absolute Gasteiger partial charge is 0.316 e. The van der Waals surface area contributed by atoms with Gasteiger partial charge in [0.2, 0.25) is 5.91 Å². The maximum absolute atomic E-state index is 11.7. The summed E-state index contributed by atoms with van der Waals surface area (Å²) in [6.07, 6.45) is 0. The number of carboxylic acid groups (broad SMARTS) is 1. The van der Waals surface area contributed by atoms with Crippen molar-refractivity contribution < 1.29 is 14.7 Å². The van der Waals surface area contributed by atoms with Crippen LogP contribution in [0.4, 0.5) is 0 Å². The number of carboxylic acids is 1. The average Bonchev–Trinajstić information content (AvgIpc) is 2.36. The third kappa shape index (κ3) is 5.12. The van der Waals surface area contributed by atoms with Crippen molar-refractivity contribution in [3.05, 3.63) is 34.9 Å². The van der Waals surface area contributed by atoms with Gasteiger partial charge >= 0.3 is 5.97 Å². The summed E-state index contributed by atoms with van der Waals surface area (Å²) in [5, 5.41) is 11.5. The minimum atomic E-state index is -0.919. The molecule has 1 amide bonds. The van der Waals surface area contributed by atoms with Gasteiger partial charge in [-0.25, -0.2) is 0 Å². The molecule has 2 N–H and O–H groups in total. The molecule has 0 saturated heterocycles. The highest BCUT2D eigenvalue weighted by atomic mass is 35.5. The Labute approximate surface area is 121 Å². The van der Waals surface area contributed by atoms with Crippen molar-refractivity contribution >= 4 is 35.2 Å². The van der Waals surface area contributed by atoms with E-state index in [9.17, 15) is 9.59 Å². The highest BCUT2D eigenvalue weighted by Gasteiger charge is 2.16. The minimum Gasteiger partial charge on any atom is -0.480 e. The SMILES string of the molecule is CC(SCC(=O)NC(C)c1ccccc1Cl)C(=O)O. The molecule has 1 rings (SSSR count). The molecule has 0 radical (unpaired) electrons.